The molecule has 0 aliphatic rings. The third-order valence-corrected chi connectivity index (χ3v) is 5.24. The summed E-state index contributed by atoms with van der Waals surface area (Å²) in [5.74, 6) is 0. The van der Waals surface area contributed by atoms with Gasteiger partial charge in [-0.25, -0.2) is 8.42 Å². The van der Waals surface area contributed by atoms with Crippen molar-refractivity contribution in [3.05, 3.63) is 27.2 Å². The molecular formula is C11H15Cl3N2O2S. The van der Waals surface area contributed by atoms with Crippen LogP contribution in [-0.2, 0) is 10.0 Å². The first-order valence-electron chi connectivity index (χ1n) is 5.64. The normalized spacial score (nSPS) is 13.3. The van der Waals surface area contributed by atoms with Gasteiger partial charge in [0.25, 0.3) is 0 Å². The quantitative estimate of drug-likeness (QED) is 0.777. The van der Waals surface area contributed by atoms with E-state index >= 15 is 0 Å². The van der Waals surface area contributed by atoms with Crippen LogP contribution in [0, 0.1) is 0 Å². The molecule has 0 heterocycles. The van der Waals surface area contributed by atoms with Gasteiger partial charge in [0.15, 0.2) is 0 Å². The van der Waals surface area contributed by atoms with Crippen molar-refractivity contribution < 1.29 is 8.42 Å². The zero-order valence-corrected chi connectivity index (χ0v) is 13.6. The van der Waals surface area contributed by atoms with Crippen molar-refractivity contribution in [1.29, 1.82) is 0 Å². The third kappa shape index (κ3) is 4.68. The fraction of sp³-hybridized carbons (Fsp3) is 0.455. The Kier molecular flexibility index (Phi) is 6.20. The summed E-state index contributed by atoms with van der Waals surface area (Å²) in [5, 5.41) is 3.09. The summed E-state index contributed by atoms with van der Waals surface area (Å²) in [6, 6.07) is 2.79. The molecule has 0 bridgehead atoms. The van der Waals surface area contributed by atoms with Gasteiger partial charge >= 0.3 is 0 Å². The van der Waals surface area contributed by atoms with Crippen molar-refractivity contribution in [3.63, 3.8) is 0 Å². The molecule has 19 heavy (non-hydrogen) atoms. The second kappa shape index (κ2) is 6.99. The molecule has 4 nitrogen and oxygen atoms in total. The van der Waals surface area contributed by atoms with E-state index in [1.165, 1.54) is 12.1 Å². The molecule has 0 saturated carbocycles. The molecule has 0 aliphatic heterocycles. The Bertz CT molecular complexity index is 549. The van der Waals surface area contributed by atoms with Gasteiger partial charge in [0.1, 0.15) is 0 Å². The average molecular weight is 346 g/mol. The van der Waals surface area contributed by atoms with Gasteiger partial charge in [-0.2, -0.15) is 0 Å². The standard InChI is InChI=1S/C11H15Cl3N2O2S/c1-3-15-6-7(2)19(17,18)16-11-5-9(13)8(12)4-10(11)14/h4-5,7,15-16H,3,6H2,1-2H3. The fourth-order valence-electron chi connectivity index (χ4n) is 1.31. The van der Waals surface area contributed by atoms with Gasteiger partial charge in [0.05, 0.1) is 26.0 Å². The van der Waals surface area contributed by atoms with Crippen LogP contribution in [-0.4, -0.2) is 26.8 Å². The first-order chi connectivity index (χ1) is 8.77. The lowest BCUT2D eigenvalue weighted by atomic mass is 10.3. The largest absolute Gasteiger partial charge is 0.316 e. The highest BCUT2D eigenvalue weighted by molar-refractivity contribution is 7.93. The van der Waals surface area contributed by atoms with Gasteiger partial charge in [-0.1, -0.05) is 41.7 Å². The molecule has 0 saturated heterocycles. The molecule has 108 valence electrons. The van der Waals surface area contributed by atoms with Gasteiger partial charge in [-0.15, -0.1) is 0 Å². The number of benzene rings is 1. The van der Waals surface area contributed by atoms with Crippen LogP contribution in [0.5, 0.6) is 0 Å². The molecule has 0 amide bonds. The molecule has 2 N–H and O–H groups in total. The van der Waals surface area contributed by atoms with Crippen LogP contribution in [0.1, 0.15) is 13.8 Å². The summed E-state index contributed by atoms with van der Waals surface area (Å²) in [6.45, 7) is 4.57. The molecule has 0 aliphatic carbocycles. The highest BCUT2D eigenvalue weighted by atomic mass is 35.5. The van der Waals surface area contributed by atoms with Crippen LogP contribution >= 0.6 is 34.8 Å². The predicted octanol–water partition coefficient (Wildman–Crippen LogP) is 3.39. The second-order valence-corrected chi connectivity index (χ2v) is 7.33. The molecule has 0 aromatic heterocycles. The topological polar surface area (TPSA) is 58.2 Å². The van der Waals surface area contributed by atoms with Gasteiger partial charge < -0.3 is 5.32 Å². The van der Waals surface area contributed by atoms with E-state index < -0.39 is 15.3 Å². The molecule has 0 radical (unpaired) electrons. The minimum atomic E-state index is -3.54. The number of hydrogen-bond donors (Lipinski definition) is 2. The van der Waals surface area contributed by atoms with Crippen molar-refractivity contribution in [1.82, 2.24) is 5.32 Å². The summed E-state index contributed by atoms with van der Waals surface area (Å²) in [5.41, 5.74) is 0.222. The monoisotopic (exact) mass is 344 g/mol. The molecule has 1 atom stereocenters. The van der Waals surface area contributed by atoms with E-state index in [4.69, 9.17) is 34.8 Å². The van der Waals surface area contributed by atoms with Gasteiger partial charge in [0.2, 0.25) is 10.0 Å². The van der Waals surface area contributed by atoms with Crippen LogP contribution in [0.15, 0.2) is 12.1 Å². The van der Waals surface area contributed by atoms with Crippen LogP contribution in [0.4, 0.5) is 5.69 Å². The lowest BCUT2D eigenvalue weighted by Gasteiger charge is -2.16. The minimum Gasteiger partial charge on any atom is -0.316 e. The Morgan fingerprint density at radius 3 is 2.32 bits per heavy atom. The maximum Gasteiger partial charge on any atom is 0.236 e. The zero-order chi connectivity index (χ0) is 14.6. The molecule has 8 heteroatoms. The van der Waals surface area contributed by atoms with Crippen molar-refractivity contribution in [2.24, 2.45) is 0 Å². The number of sulfonamides is 1. The Balaban J connectivity index is 2.92. The number of rotatable bonds is 6. The Labute approximate surface area is 128 Å². The zero-order valence-electron chi connectivity index (χ0n) is 10.5. The fourth-order valence-corrected chi connectivity index (χ4v) is 2.98. The predicted molar refractivity (Wildman–Crippen MR) is 82.0 cm³/mol. The van der Waals surface area contributed by atoms with E-state index in [0.717, 1.165) is 0 Å². The summed E-state index contributed by atoms with van der Waals surface area (Å²) in [7, 11) is -3.54. The summed E-state index contributed by atoms with van der Waals surface area (Å²) >= 11 is 17.6. The van der Waals surface area contributed by atoms with E-state index in [1.54, 1.807) is 6.92 Å². The van der Waals surface area contributed by atoms with Gasteiger partial charge in [-0.05, 0) is 25.6 Å². The summed E-state index contributed by atoms with van der Waals surface area (Å²) in [4.78, 5) is 0. The van der Waals surface area contributed by atoms with Crippen LogP contribution < -0.4 is 10.0 Å². The SMILES string of the molecule is CCNCC(C)S(=O)(=O)Nc1cc(Cl)c(Cl)cc1Cl. The number of halogens is 3. The third-order valence-electron chi connectivity index (χ3n) is 2.47. The molecule has 1 unspecified atom stereocenters. The Morgan fingerprint density at radius 1 is 1.16 bits per heavy atom. The van der Waals surface area contributed by atoms with Crippen molar-refractivity contribution >= 4 is 50.5 Å². The molecule has 1 rings (SSSR count). The molecular weight excluding hydrogens is 331 g/mol. The lowest BCUT2D eigenvalue weighted by molar-refractivity contribution is 0.579. The second-order valence-electron chi connectivity index (χ2n) is 4.01. The molecule has 0 fully saturated rings. The number of anilines is 1. The van der Waals surface area contributed by atoms with Crippen molar-refractivity contribution in [2.45, 2.75) is 19.1 Å². The Hall–Kier alpha value is -0.200. The van der Waals surface area contributed by atoms with Crippen LogP contribution in [0.3, 0.4) is 0 Å². The molecule has 0 spiro atoms. The maximum absolute atomic E-state index is 12.1. The number of hydrogen-bond acceptors (Lipinski definition) is 3. The van der Waals surface area contributed by atoms with Gasteiger partial charge in [0, 0.05) is 6.54 Å². The first kappa shape index (κ1) is 16.9. The van der Waals surface area contributed by atoms with E-state index in [1.807, 2.05) is 6.92 Å². The van der Waals surface area contributed by atoms with E-state index in [0.29, 0.717) is 13.1 Å². The summed E-state index contributed by atoms with van der Waals surface area (Å²) in [6.07, 6.45) is 0. The minimum absolute atomic E-state index is 0.202. The highest BCUT2D eigenvalue weighted by Gasteiger charge is 2.21. The van der Waals surface area contributed by atoms with E-state index in [-0.39, 0.29) is 20.8 Å². The van der Waals surface area contributed by atoms with Crippen molar-refractivity contribution in [3.8, 4) is 0 Å². The average Bonchev–Trinajstić information content (AvgIpc) is 2.32. The molecule has 1 aromatic carbocycles. The Morgan fingerprint density at radius 2 is 1.74 bits per heavy atom. The molecule has 1 aromatic rings. The van der Waals surface area contributed by atoms with E-state index in [9.17, 15) is 8.42 Å². The highest BCUT2D eigenvalue weighted by Crippen LogP contribution is 2.33. The van der Waals surface area contributed by atoms with Crippen LogP contribution in [0.2, 0.25) is 15.1 Å². The lowest BCUT2D eigenvalue weighted by Crippen LogP contribution is -2.34. The van der Waals surface area contributed by atoms with Gasteiger partial charge in [-0.3, -0.25) is 4.72 Å². The summed E-state index contributed by atoms with van der Waals surface area (Å²) < 4.78 is 26.6. The van der Waals surface area contributed by atoms with E-state index in [2.05, 4.69) is 10.0 Å². The van der Waals surface area contributed by atoms with Crippen LogP contribution in [0.25, 0.3) is 0 Å². The van der Waals surface area contributed by atoms with Crippen molar-refractivity contribution in [2.75, 3.05) is 17.8 Å². The maximum atomic E-state index is 12.1. The number of nitrogens with one attached hydrogen (secondary N) is 2. The first-order valence-corrected chi connectivity index (χ1v) is 8.32. The smallest absolute Gasteiger partial charge is 0.236 e.